The summed E-state index contributed by atoms with van der Waals surface area (Å²) in [5, 5.41) is 16.9. The number of aliphatic hydroxyl groups is 1. The first kappa shape index (κ1) is 20.7. The van der Waals surface area contributed by atoms with Crippen LogP contribution in [-0.4, -0.2) is 59.7 Å². The van der Waals surface area contributed by atoms with Gasteiger partial charge in [-0.05, 0) is 45.4 Å². The van der Waals surface area contributed by atoms with E-state index in [1.165, 1.54) is 12.8 Å². The maximum absolute atomic E-state index is 12.5. The fourth-order valence-electron chi connectivity index (χ4n) is 3.99. The Labute approximate surface area is 168 Å². The molecule has 6 nitrogen and oxygen atoms in total. The van der Waals surface area contributed by atoms with E-state index in [4.69, 9.17) is 0 Å². The zero-order valence-corrected chi connectivity index (χ0v) is 17.6. The van der Waals surface area contributed by atoms with Crippen LogP contribution in [0.25, 0.3) is 0 Å². The van der Waals surface area contributed by atoms with Crippen molar-refractivity contribution in [2.75, 3.05) is 26.2 Å². The van der Waals surface area contributed by atoms with Crippen LogP contribution < -0.4 is 10.6 Å². The minimum atomic E-state index is -0.595. The molecule has 1 saturated heterocycles. The summed E-state index contributed by atoms with van der Waals surface area (Å²) in [6.45, 7) is 4.90. The molecule has 7 heteroatoms. The standard InChI is InChI=1S/C18H32N4O2.HI/c1-2-19-17(20-13-18(24)9-5-10-18)21-15-8-11-22(12-15)16(23)14-6-3-4-7-14;/h14-15,24H,2-13H2,1H3,(H2,19,20,21);1H. The SMILES string of the molecule is CCNC(=NCC1(O)CCC1)NC1CCN(C(=O)C2CCCC2)C1.I. The summed E-state index contributed by atoms with van der Waals surface area (Å²) in [6.07, 6.45) is 8.29. The molecule has 3 N–H and O–H groups in total. The largest absolute Gasteiger partial charge is 0.388 e. The molecule has 25 heavy (non-hydrogen) atoms. The minimum Gasteiger partial charge on any atom is -0.388 e. The summed E-state index contributed by atoms with van der Waals surface area (Å²) < 4.78 is 0. The summed E-state index contributed by atoms with van der Waals surface area (Å²) in [4.78, 5) is 19.1. The van der Waals surface area contributed by atoms with Gasteiger partial charge < -0.3 is 20.6 Å². The first-order valence-electron chi connectivity index (χ1n) is 9.66. The lowest BCUT2D eigenvalue weighted by Crippen LogP contribution is -2.47. The number of hydrogen-bond acceptors (Lipinski definition) is 3. The number of carbonyl (C=O) groups excluding carboxylic acids is 1. The average Bonchev–Trinajstić information content (AvgIpc) is 3.22. The molecule has 0 aromatic carbocycles. The highest BCUT2D eigenvalue weighted by Crippen LogP contribution is 2.31. The number of carbonyl (C=O) groups is 1. The van der Waals surface area contributed by atoms with Crippen LogP contribution in [0.5, 0.6) is 0 Å². The second-order valence-electron chi connectivity index (χ2n) is 7.67. The number of rotatable bonds is 5. The third-order valence-corrected chi connectivity index (χ3v) is 5.71. The van der Waals surface area contributed by atoms with Gasteiger partial charge in [-0.15, -0.1) is 24.0 Å². The van der Waals surface area contributed by atoms with Crippen LogP contribution in [0, 0.1) is 5.92 Å². The summed E-state index contributed by atoms with van der Waals surface area (Å²) in [5.41, 5.74) is -0.595. The minimum absolute atomic E-state index is 0. The third-order valence-electron chi connectivity index (χ3n) is 5.71. The van der Waals surface area contributed by atoms with Crippen LogP contribution in [-0.2, 0) is 4.79 Å². The van der Waals surface area contributed by atoms with E-state index in [1.807, 2.05) is 11.8 Å². The lowest BCUT2D eigenvalue weighted by atomic mass is 9.80. The Kier molecular flexibility index (Phi) is 7.79. The summed E-state index contributed by atoms with van der Waals surface area (Å²) in [7, 11) is 0. The second-order valence-corrected chi connectivity index (χ2v) is 7.67. The molecular weight excluding hydrogens is 431 g/mol. The molecule has 1 heterocycles. The highest BCUT2D eigenvalue weighted by molar-refractivity contribution is 14.0. The van der Waals surface area contributed by atoms with Crippen molar-refractivity contribution in [2.45, 2.75) is 69.9 Å². The van der Waals surface area contributed by atoms with E-state index in [2.05, 4.69) is 15.6 Å². The fourth-order valence-corrected chi connectivity index (χ4v) is 3.99. The van der Waals surface area contributed by atoms with E-state index in [9.17, 15) is 9.90 Å². The number of nitrogens with one attached hydrogen (secondary N) is 2. The van der Waals surface area contributed by atoms with Crippen molar-refractivity contribution >= 4 is 35.8 Å². The van der Waals surface area contributed by atoms with Gasteiger partial charge in [-0.1, -0.05) is 12.8 Å². The van der Waals surface area contributed by atoms with Gasteiger partial charge in [0.2, 0.25) is 5.91 Å². The van der Waals surface area contributed by atoms with E-state index >= 15 is 0 Å². The van der Waals surface area contributed by atoms with Gasteiger partial charge in [-0.3, -0.25) is 9.79 Å². The van der Waals surface area contributed by atoms with E-state index in [-0.39, 0.29) is 35.9 Å². The van der Waals surface area contributed by atoms with Crippen molar-refractivity contribution in [3.8, 4) is 0 Å². The molecule has 2 aliphatic carbocycles. The molecule has 1 unspecified atom stereocenters. The Bertz CT molecular complexity index is 476. The van der Waals surface area contributed by atoms with E-state index in [0.29, 0.717) is 12.5 Å². The number of amides is 1. The molecule has 0 aromatic rings. The number of nitrogens with zero attached hydrogens (tertiary/aromatic N) is 2. The van der Waals surface area contributed by atoms with Gasteiger partial charge in [0.05, 0.1) is 12.1 Å². The lowest BCUT2D eigenvalue weighted by Gasteiger charge is -2.35. The van der Waals surface area contributed by atoms with Gasteiger partial charge in [-0.25, -0.2) is 0 Å². The average molecular weight is 464 g/mol. The molecule has 3 aliphatic rings. The predicted molar refractivity (Wildman–Crippen MR) is 110 cm³/mol. The van der Waals surface area contributed by atoms with Crippen molar-refractivity contribution in [1.29, 1.82) is 0 Å². The zero-order valence-electron chi connectivity index (χ0n) is 15.3. The number of guanidine groups is 1. The molecule has 0 bridgehead atoms. The molecule has 0 aromatic heterocycles. The highest BCUT2D eigenvalue weighted by atomic mass is 127. The normalized spacial score (nSPS) is 26.1. The third kappa shape index (κ3) is 5.45. The van der Waals surface area contributed by atoms with E-state index in [0.717, 1.165) is 64.1 Å². The Morgan fingerprint density at radius 3 is 2.56 bits per heavy atom. The monoisotopic (exact) mass is 464 g/mol. The molecule has 3 rings (SSSR count). The van der Waals surface area contributed by atoms with Crippen molar-refractivity contribution in [3.63, 3.8) is 0 Å². The Morgan fingerprint density at radius 1 is 1.24 bits per heavy atom. The molecule has 2 saturated carbocycles. The van der Waals surface area contributed by atoms with Crippen LogP contribution in [0.15, 0.2) is 4.99 Å². The van der Waals surface area contributed by atoms with Crippen LogP contribution >= 0.6 is 24.0 Å². The first-order chi connectivity index (χ1) is 11.6. The Hall–Kier alpha value is -0.570. The number of aliphatic imine (C=N–C) groups is 1. The number of halogens is 1. The smallest absolute Gasteiger partial charge is 0.225 e. The fraction of sp³-hybridized carbons (Fsp3) is 0.889. The van der Waals surface area contributed by atoms with Gasteiger partial charge in [-0.2, -0.15) is 0 Å². The maximum Gasteiger partial charge on any atom is 0.225 e. The summed E-state index contributed by atoms with van der Waals surface area (Å²) in [5.74, 6) is 1.37. The lowest BCUT2D eigenvalue weighted by molar-refractivity contribution is -0.134. The van der Waals surface area contributed by atoms with Gasteiger partial charge >= 0.3 is 0 Å². The molecule has 1 amide bonds. The number of likely N-dealkylation sites (tertiary alicyclic amines) is 1. The molecule has 1 aliphatic heterocycles. The van der Waals surface area contributed by atoms with Gasteiger partial charge in [0.25, 0.3) is 0 Å². The molecule has 0 radical (unpaired) electrons. The van der Waals surface area contributed by atoms with Crippen LogP contribution in [0.1, 0.15) is 58.3 Å². The van der Waals surface area contributed by atoms with Crippen molar-refractivity contribution in [1.82, 2.24) is 15.5 Å². The zero-order chi connectivity index (χ0) is 17.0. The maximum atomic E-state index is 12.5. The molecule has 1 atom stereocenters. The number of hydrogen-bond donors (Lipinski definition) is 3. The van der Waals surface area contributed by atoms with Crippen LogP contribution in [0.2, 0.25) is 0 Å². The first-order valence-corrected chi connectivity index (χ1v) is 9.66. The predicted octanol–water partition coefficient (Wildman–Crippen LogP) is 1.87. The van der Waals surface area contributed by atoms with Crippen LogP contribution in [0.3, 0.4) is 0 Å². The van der Waals surface area contributed by atoms with Gasteiger partial charge in [0, 0.05) is 31.6 Å². The van der Waals surface area contributed by atoms with E-state index in [1.54, 1.807) is 0 Å². The molecule has 144 valence electrons. The topological polar surface area (TPSA) is 77.0 Å². The quantitative estimate of drug-likeness (QED) is 0.330. The Balaban J connectivity index is 0.00000225. The highest BCUT2D eigenvalue weighted by Gasteiger charge is 2.35. The van der Waals surface area contributed by atoms with Gasteiger partial charge in [0.1, 0.15) is 0 Å². The van der Waals surface area contributed by atoms with Crippen LogP contribution in [0.4, 0.5) is 0 Å². The van der Waals surface area contributed by atoms with Gasteiger partial charge in [0.15, 0.2) is 5.96 Å². The molecule has 0 spiro atoms. The Morgan fingerprint density at radius 2 is 1.96 bits per heavy atom. The summed E-state index contributed by atoms with van der Waals surface area (Å²) >= 11 is 0. The van der Waals surface area contributed by atoms with Crippen molar-refractivity contribution in [3.05, 3.63) is 0 Å². The second kappa shape index (κ2) is 9.39. The van der Waals surface area contributed by atoms with Crippen molar-refractivity contribution < 1.29 is 9.90 Å². The van der Waals surface area contributed by atoms with E-state index < -0.39 is 5.60 Å². The van der Waals surface area contributed by atoms with Crippen molar-refractivity contribution in [2.24, 2.45) is 10.9 Å². The summed E-state index contributed by atoms with van der Waals surface area (Å²) in [6, 6.07) is 0.254. The molecular formula is C18H33IN4O2. The molecule has 3 fully saturated rings.